The molecule has 0 saturated carbocycles. The van der Waals surface area contributed by atoms with Crippen LogP contribution in [0.4, 0.5) is 0 Å². The minimum absolute atomic E-state index is 0.0472. The zero-order valence-electron chi connectivity index (χ0n) is 19.0. The first-order valence-corrected chi connectivity index (χ1v) is 13.1. The topological polar surface area (TPSA) is 48.5 Å². The summed E-state index contributed by atoms with van der Waals surface area (Å²) < 4.78 is 0.998. The lowest BCUT2D eigenvalue weighted by molar-refractivity contribution is 0.0622. The average molecular weight is 483 g/mol. The van der Waals surface area contributed by atoms with Gasteiger partial charge in [-0.15, -0.1) is 11.3 Å². The Morgan fingerprint density at radius 2 is 2.00 bits per heavy atom. The third-order valence-corrected chi connectivity index (χ3v) is 8.89. The third-order valence-electron chi connectivity index (χ3n) is 7.28. The van der Waals surface area contributed by atoms with E-state index in [1.807, 2.05) is 42.7 Å². The highest BCUT2D eigenvalue weighted by Crippen LogP contribution is 2.33. The van der Waals surface area contributed by atoms with Gasteiger partial charge in [-0.05, 0) is 87.4 Å². The molecular weight excluding hydrogens is 452 g/mol. The van der Waals surface area contributed by atoms with Gasteiger partial charge in [-0.25, -0.2) is 0 Å². The van der Waals surface area contributed by atoms with Gasteiger partial charge in [0.25, 0.3) is 5.91 Å². The maximum absolute atomic E-state index is 12.5. The molecule has 4 saturated heterocycles. The summed E-state index contributed by atoms with van der Waals surface area (Å²) >= 11 is 7.67. The van der Waals surface area contributed by atoms with Crippen LogP contribution in [0.2, 0.25) is 5.02 Å². The zero-order valence-corrected chi connectivity index (χ0v) is 20.6. The molecule has 0 radical (unpaired) electrons. The van der Waals surface area contributed by atoms with Gasteiger partial charge in [-0.2, -0.15) is 0 Å². The van der Waals surface area contributed by atoms with Gasteiger partial charge in [-0.1, -0.05) is 29.8 Å². The number of fused-ring (bicyclic) bond motifs is 4. The molecule has 4 fully saturated rings. The Kier molecular flexibility index (Phi) is 6.97. The number of piperidine rings is 3. The lowest BCUT2D eigenvalue weighted by Gasteiger charge is -2.44. The molecule has 2 aromatic heterocycles. The highest BCUT2D eigenvalue weighted by atomic mass is 35.5. The van der Waals surface area contributed by atoms with E-state index in [1.54, 1.807) is 0 Å². The van der Waals surface area contributed by atoms with Crippen LogP contribution in [0.1, 0.15) is 47.0 Å². The standard InChI is InChI=1S/C16H17ClN2OS.C10H14N2/c17-12-3-1-2-11-8-14(21-15(11)12)16(20)18-13-9-19-6-4-10(13)5-7-19;1-12-7-3-5-10(12)9-4-2-6-11-8-9/h1-3,8,10,13H,4-7,9H2,(H,18,20);2,4,6,8,10H,3,5,7H2,1H3/t13-;10-/m00/s1. The van der Waals surface area contributed by atoms with Gasteiger partial charge in [0, 0.05) is 31.0 Å². The quantitative estimate of drug-likeness (QED) is 0.555. The van der Waals surface area contributed by atoms with Crippen molar-refractivity contribution < 1.29 is 4.79 Å². The predicted octanol–water partition coefficient (Wildman–Crippen LogP) is 5.23. The predicted molar refractivity (Wildman–Crippen MR) is 136 cm³/mol. The van der Waals surface area contributed by atoms with Crippen LogP contribution in [-0.2, 0) is 0 Å². The Morgan fingerprint density at radius 1 is 1.15 bits per heavy atom. The van der Waals surface area contributed by atoms with Crippen molar-refractivity contribution in [3.63, 3.8) is 0 Å². The van der Waals surface area contributed by atoms with E-state index in [4.69, 9.17) is 11.6 Å². The van der Waals surface area contributed by atoms with Crippen molar-refractivity contribution in [1.29, 1.82) is 0 Å². The second kappa shape index (κ2) is 10.1. The van der Waals surface area contributed by atoms with E-state index in [9.17, 15) is 4.79 Å². The summed E-state index contributed by atoms with van der Waals surface area (Å²) in [6, 6.07) is 12.8. The first-order valence-electron chi connectivity index (χ1n) is 11.9. The average Bonchev–Trinajstić information content (AvgIpc) is 3.48. The summed E-state index contributed by atoms with van der Waals surface area (Å²) in [4.78, 5) is 22.3. The van der Waals surface area contributed by atoms with Gasteiger partial charge in [0.05, 0.1) is 14.6 Å². The Balaban J connectivity index is 0.000000162. The zero-order chi connectivity index (χ0) is 22.8. The second-order valence-corrected chi connectivity index (χ2v) is 10.9. The van der Waals surface area contributed by atoms with Crippen molar-refractivity contribution in [2.45, 2.75) is 37.8 Å². The van der Waals surface area contributed by atoms with Gasteiger partial charge in [-0.3, -0.25) is 14.7 Å². The number of carbonyl (C=O) groups excluding carboxylic acids is 1. The van der Waals surface area contributed by atoms with E-state index >= 15 is 0 Å². The van der Waals surface area contributed by atoms with Crippen molar-refractivity contribution >= 4 is 38.9 Å². The Morgan fingerprint density at radius 3 is 2.64 bits per heavy atom. The number of nitrogens with zero attached hydrogens (tertiary/aromatic N) is 3. The molecule has 2 bridgehead atoms. The minimum Gasteiger partial charge on any atom is -0.347 e. The van der Waals surface area contributed by atoms with E-state index in [1.165, 1.54) is 62.2 Å². The lowest BCUT2D eigenvalue weighted by atomic mass is 9.84. The number of thiophene rings is 1. The number of rotatable bonds is 3. The molecule has 4 aliphatic rings. The second-order valence-electron chi connectivity index (χ2n) is 9.41. The number of hydrogen-bond donors (Lipinski definition) is 1. The number of aromatic nitrogens is 1. The Bertz CT molecular complexity index is 1100. The number of benzene rings is 1. The molecule has 6 heterocycles. The molecule has 174 valence electrons. The summed E-state index contributed by atoms with van der Waals surface area (Å²) in [6.07, 6.45) is 8.83. The number of amides is 1. The monoisotopic (exact) mass is 482 g/mol. The maximum Gasteiger partial charge on any atom is 0.261 e. The van der Waals surface area contributed by atoms with Crippen molar-refractivity contribution in [2.75, 3.05) is 33.2 Å². The number of hydrogen-bond acceptors (Lipinski definition) is 5. The molecule has 4 aliphatic heterocycles. The van der Waals surface area contributed by atoms with Crippen molar-refractivity contribution in [1.82, 2.24) is 20.1 Å². The molecule has 2 atom stereocenters. The largest absolute Gasteiger partial charge is 0.347 e. The fraction of sp³-hybridized carbons (Fsp3) is 0.462. The summed E-state index contributed by atoms with van der Waals surface area (Å²) in [6.45, 7) is 4.60. The van der Waals surface area contributed by atoms with Crippen LogP contribution in [0.25, 0.3) is 10.1 Å². The summed E-state index contributed by atoms with van der Waals surface area (Å²) in [5.41, 5.74) is 1.36. The van der Waals surface area contributed by atoms with E-state index in [0.717, 1.165) is 26.5 Å². The van der Waals surface area contributed by atoms with Gasteiger partial charge >= 0.3 is 0 Å². The SMILES string of the molecule is CN1CCC[C@H]1c1cccnc1.O=C(N[C@H]1CN2CCC1CC2)c1cc2cccc(Cl)c2s1. The Hall–Kier alpha value is -1.99. The van der Waals surface area contributed by atoms with Crippen LogP contribution in [0.5, 0.6) is 0 Å². The summed E-state index contributed by atoms with van der Waals surface area (Å²) in [5, 5.41) is 5.00. The number of nitrogens with one attached hydrogen (secondary N) is 1. The van der Waals surface area contributed by atoms with Crippen LogP contribution in [0, 0.1) is 5.92 Å². The van der Waals surface area contributed by atoms with E-state index in [0.29, 0.717) is 18.0 Å². The van der Waals surface area contributed by atoms with Gasteiger partial charge in [0.15, 0.2) is 0 Å². The molecule has 3 aromatic rings. The molecule has 1 aromatic carbocycles. The van der Waals surface area contributed by atoms with Crippen molar-refractivity contribution in [2.24, 2.45) is 5.92 Å². The highest BCUT2D eigenvalue weighted by molar-refractivity contribution is 7.21. The summed E-state index contributed by atoms with van der Waals surface area (Å²) in [5.74, 6) is 0.697. The first kappa shape index (κ1) is 22.8. The first-order chi connectivity index (χ1) is 16.1. The normalized spacial score (nSPS) is 26.7. The van der Waals surface area contributed by atoms with Crippen LogP contribution >= 0.6 is 22.9 Å². The van der Waals surface area contributed by atoms with E-state index < -0.39 is 0 Å². The lowest BCUT2D eigenvalue weighted by Crippen LogP contribution is -2.57. The molecule has 7 heteroatoms. The molecular formula is C26H31ClN4OS. The molecule has 7 rings (SSSR count). The molecule has 0 unspecified atom stereocenters. The fourth-order valence-corrected chi connectivity index (χ4v) is 6.68. The van der Waals surface area contributed by atoms with Crippen LogP contribution in [-0.4, -0.2) is 60.0 Å². The minimum atomic E-state index is 0.0472. The molecule has 0 spiro atoms. The number of halogens is 1. The van der Waals surface area contributed by atoms with E-state index in [2.05, 4.69) is 33.2 Å². The van der Waals surface area contributed by atoms with Gasteiger partial charge in [0.2, 0.25) is 0 Å². The fourth-order valence-electron chi connectivity index (χ4n) is 5.41. The third kappa shape index (κ3) is 5.09. The number of carbonyl (C=O) groups is 1. The Labute approximate surface area is 204 Å². The van der Waals surface area contributed by atoms with Gasteiger partial charge < -0.3 is 10.2 Å². The highest BCUT2D eigenvalue weighted by Gasteiger charge is 2.35. The molecule has 0 aliphatic carbocycles. The van der Waals surface area contributed by atoms with Gasteiger partial charge in [0.1, 0.15) is 0 Å². The van der Waals surface area contributed by atoms with Crippen molar-refractivity contribution in [3.05, 3.63) is 64.3 Å². The van der Waals surface area contributed by atoms with Crippen LogP contribution in [0.15, 0.2) is 48.8 Å². The number of pyridine rings is 1. The van der Waals surface area contributed by atoms with Crippen molar-refractivity contribution in [3.8, 4) is 0 Å². The molecule has 33 heavy (non-hydrogen) atoms. The molecule has 5 nitrogen and oxygen atoms in total. The molecule has 1 N–H and O–H groups in total. The number of likely N-dealkylation sites (tertiary alicyclic amines) is 1. The van der Waals surface area contributed by atoms with E-state index in [-0.39, 0.29) is 5.91 Å². The van der Waals surface area contributed by atoms with Crippen LogP contribution in [0.3, 0.4) is 0 Å². The smallest absolute Gasteiger partial charge is 0.261 e. The maximum atomic E-state index is 12.5. The molecule has 1 amide bonds. The summed E-state index contributed by atoms with van der Waals surface area (Å²) in [7, 11) is 2.19. The van der Waals surface area contributed by atoms with Crippen LogP contribution < -0.4 is 5.32 Å².